The average Bonchev–Trinajstić information content (AvgIpc) is 2.47. The SMILES string of the molecule is CCNc1ccncc1C(=O)NCc1cnccc1C. The van der Waals surface area contributed by atoms with Crippen molar-refractivity contribution in [1.29, 1.82) is 0 Å². The second-order valence-corrected chi connectivity index (χ2v) is 4.44. The molecule has 104 valence electrons. The summed E-state index contributed by atoms with van der Waals surface area (Å²) in [7, 11) is 0. The molecule has 0 radical (unpaired) electrons. The van der Waals surface area contributed by atoms with Crippen molar-refractivity contribution in [3.8, 4) is 0 Å². The molecular formula is C15H18N4O. The molecule has 0 aliphatic heterocycles. The lowest BCUT2D eigenvalue weighted by Crippen LogP contribution is -2.24. The molecule has 1 amide bonds. The third-order valence-electron chi connectivity index (χ3n) is 3.02. The van der Waals surface area contributed by atoms with E-state index >= 15 is 0 Å². The first-order chi connectivity index (χ1) is 9.72. The molecular weight excluding hydrogens is 252 g/mol. The molecule has 2 aromatic rings. The Morgan fingerprint density at radius 2 is 1.95 bits per heavy atom. The highest BCUT2D eigenvalue weighted by Crippen LogP contribution is 2.13. The molecule has 2 aromatic heterocycles. The van der Waals surface area contributed by atoms with Gasteiger partial charge in [-0.3, -0.25) is 14.8 Å². The molecule has 0 fully saturated rings. The number of aromatic nitrogens is 2. The van der Waals surface area contributed by atoms with Crippen molar-refractivity contribution >= 4 is 11.6 Å². The molecule has 5 heteroatoms. The topological polar surface area (TPSA) is 66.9 Å². The largest absolute Gasteiger partial charge is 0.385 e. The lowest BCUT2D eigenvalue weighted by atomic mass is 10.1. The van der Waals surface area contributed by atoms with Crippen molar-refractivity contribution in [2.75, 3.05) is 11.9 Å². The normalized spacial score (nSPS) is 10.1. The Bertz CT molecular complexity index is 598. The first-order valence-electron chi connectivity index (χ1n) is 6.58. The molecule has 2 rings (SSSR count). The molecule has 2 heterocycles. The summed E-state index contributed by atoms with van der Waals surface area (Å²) in [6.07, 6.45) is 6.75. The summed E-state index contributed by atoms with van der Waals surface area (Å²) in [5, 5.41) is 6.05. The van der Waals surface area contributed by atoms with Crippen LogP contribution in [0.2, 0.25) is 0 Å². The highest BCUT2D eigenvalue weighted by atomic mass is 16.1. The fourth-order valence-electron chi connectivity index (χ4n) is 1.87. The van der Waals surface area contributed by atoms with Gasteiger partial charge in [-0.1, -0.05) is 0 Å². The quantitative estimate of drug-likeness (QED) is 0.873. The van der Waals surface area contributed by atoms with Gasteiger partial charge in [-0.25, -0.2) is 0 Å². The maximum absolute atomic E-state index is 12.2. The zero-order valence-electron chi connectivity index (χ0n) is 11.7. The van der Waals surface area contributed by atoms with Gasteiger partial charge in [0.15, 0.2) is 0 Å². The van der Waals surface area contributed by atoms with Gasteiger partial charge in [0.25, 0.3) is 5.91 Å². The number of pyridine rings is 2. The molecule has 0 aliphatic carbocycles. The standard InChI is InChI=1S/C15H18N4O/c1-3-18-14-5-7-17-10-13(14)15(20)19-9-12-8-16-6-4-11(12)2/h4-8,10H,3,9H2,1-2H3,(H,17,18)(H,19,20). The van der Waals surface area contributed by atoms with Crippen LogP contribution in [0.3, 0.4) is 0 Å². The maximum Gasteiger partial charge on any atom is 0.255 e. The van der Waals surface area contributed by atoms with Crippen LogP contribution in [0.4, 0.5) is 5.69 Å². The molecule has 2 N–H and O–H groups in total. The Morgan fingerprint density at radius 1 is 1.20 bits per heavy atom. The van der Waals surface area contributed by atoms with E-state index in [1.54, 1.807) is 30.9 Å². The second-order valence-electron chi connectivity index (χ2n) is 4.44. The van der Waals surface area contributed by atoms with Gasteiger partial charge in [0.1, 0.15) is 0 Å². The Morgan fingerprint density at radius 3 is 2.70 bits per heavy atom. The van der Waals surface area contributed by atoms with Crippen LogP contribution in [0.15, 0.2) is 36.9 Å². The van der Waals surface area contributed by atoms with Crippen LogP contribution >= 0.6 is 0 Å². The Kier molecular flexibility index (Phi) is 4.65. The summed E-state index contributed by atoms with van der Waals surface area (Å²) in [6, 6.07) is 3.73. The summed E-state index contributed by atoms with van der Waals surface area (Å²) in [6.45, 7) is 5.20. The number of anilines is 1. The highest BCUT2D eigenvalue weighted by molar-refractivity contribution is 5.99. The molecule has 0 spiro atoms. The second kappa shape index (κ2) is 6.65. The third-order valence-corrected chi connectivity index (χ3v) is 3.02. The minimum absolute atomic E-state index is 0.141. The molecule has 0 aliphatic rings. The summed E-state index contributed by atoms with van der Waals surface area (Å²) in [5.41, 5.74) is 3.46. The van der Waals surface area contributed by atoms with E-state index < -0.39 is 0 Å². The number of amides is 1. The Labute approximate surface area is 118 Å². The molecule has 0 aromatic carbocycles. The van der Waals surface area contributed by atoms with Crippen LogP contribution in [0, 0.1) is 6.92 Å². The number of carbonyl (C=O) groups is 1. The van der Waals surface area contributed by atoms with E-state index in [4.69, 9.17) is 0 Å². The lowest BCUT2D eigenvalue weighted by Gasteiger charge is -2.11. The Hall–Kier alpha value is -2.43. The van der Waals surface area contributed by atoms with Gasteiger partial charge in [-0.15, -0.1) is 0 Å². The van der Waals surface area contributed by atoms with Crippen molar-refractivity contribution in [3.63, 3.8) is 0 Å². The zero-order chi connectivity index (χ0) is 14.4. The fourth-order valence-corrected chi connectivity index (χ4v) is 1.87. The Balaban J connectivity index is 2.07. The zero-order valence-corrected chi connectivity index (χ0v) is 11.7. The van der Waals surface area contributed by atoms with Gasteiger partial charge < -0.3 is 10.6 Å². The van der Waals surface area contributed by atoms with Crippen LogP contribution in [-0.4, -0.2) is 22.4 Å². The number of nitrogens with one attached hydrogen (secondary N) is 2. The molecule has 20 heavy (non-hydrogen) atoms. The van der Waals surface area contributed by atoms with Gasteiger partial charge >= 0.3 is 0 Å². The van der Waals surface area contributed by atoms with Crippen LogP contribution in [0.5, 0.6) is 0 Å². The number of hydrogen-bond acceptors (Lipinski definition) is 4. The van der Waals surface area contributed by atoms with Crippen LogP contribution in [0.1, 0.15) is 28.4 Å². The van der Waals surface area contributed by atoms with Crippen molar-refractivity contribution in [3.05, 3.63) is 53.6 Å². The number of rotatable bonds is 5. The number of nitrogens with zero attached hydrogens (tertiary/aromatic N) is 2. The molecule has 0 unspecified atom stereocenters. The van der Waals surface area contributed by atoms with Crippen molar-refractivity contribution in [2.24, 2.45) is 0 Å². The molecule has 0 saturated heterocycles. The predicted octanol–water partition coefficient (Wildman–Crippen LogP) is 2.15. The van der Waals surface area contributed by atoms with E-state index in [1.807, 2.05) is 19.9 Å². The molecule has 0 saturated carbocycles. The van der Waals surface area contributed by atoms with Gasteiger partial charge in [0.05, 0.1) is 11.3 Å². The minimum atomic E-state index is -0.141. The van der Waals surface area contributed by atoms with Crippen molar-refractivity contribution in [1.82, 2.24) is 15.3 Å². The van der Waals surface area contributed by atoms with E-state index in [2.05, 4.69) is 20.6 Å². The van der Waals surface area contributed by atoms with Crippen LogP contribution < -0.4 is 10.6 Å². The third kappa shape index (κ3) is 3.32. The summed E-state index contributed by atoms with van der Waals surface area (Å²) in [4.78, 5) is 20.3. The van der Waals surface area contributed by atoms with E-state index in [-0.39, 0.29) is 5.91 Å². The van der Waals surface area contributed by atoms with Gasteiger partial charge in [0.2, 0.25) is 0 Å². The maximum atomic E-state index is 12.2. The minimum Gasteiger partial charge on any atom is -0.385 e. The molecule has 0 bridgehead atoms. The summed E-state index contributed by atoms with van der Waals surface area (Å²) >= 11 is 0. The predicted molar refractivity (Wildman–Crippen MR) is 78.5 cm³/mol. The number of carbonyl (C=O) groups excluding carboxylic acids is 1. The lowest BCUT2D eigenvalue weighted by molar-refractivity contribution is 0.0951. The fraction of sp³-hybridized carbons (Fsp3) is 0.267. The van der Waals surface area contributed by atoms with Crippen molar-refractivity contribution in [2.45, 2.75) is 20.4 Å². The van der Waals surface area contributed by atoms with Crippen LogP contribution in [-0.2, 0) is 6.54 Å². The van der Waals surface area contributed by atoms with Crippen molar-refractivity contribution < 1.29 is 4.79 Å². The van der Waals surface area contributed by atoms with E-state index in [0.717, 1.165) is 23.4 Å². The smallest absolute Gasteiger partial charge is 0.255 e. The number of hydrogen-bond donors (Lipinski definition) is 2. The van der Waals surface area contributed by atoms with Gasteiger partial charge in [-0.2, -0.15) is 0 Å². The monoisotopic (exact) mass is 270 g/mol. The highest BCUT2D eigenvalue weighted by Gasteiger charge is 2.11. The molecule has 5 nitrogen and oxygen atoms in total. The van der Waals surface area contributed by atoms with Crippen LogP contribution in [0.25, 0.3) is 0 Å². The first kappa shape index (κ1) is 14.0. The van der Waals surface area contributed by atoms with Gasteiger partial charge in [0, 0.05) is 37.9 Å². The number of aryl methyl sites for hydroxylation is 1. The van der Waals surface area contributed by atoms with E-state index in [9.17, 15) is 4.79 Å². The summed E-state index contributed by atoms with van der Waals surface area (Å²) in [5.74, 6) is -0.141. The molecule has 0 atom stereocenters. The first-order valence-corrected chi connectivity index (χ1v) is 6.58. The van der Waals surface area contributed by atoms with E-state index in [1.165, 1.54) is 0 Å². The average molecular weight is 270 g/mol. The van der Waals surface area contributed by atoms with E-state index in [0.29, 0.717) is 12.1 Å². The van der Waals surface area contributed by atoms with Gasteiger partial charge in [-0.05, 0) is 37.1 Å². The summed E-state index contributed by atoms with van der Waals surface area (Å²) < 4.78 is 0.